The Bertz CT molecular complexity index is 366. The first-order chi connectivity index (χ1) is 9.60. The van der Waals surface area contributed by atoms with Crippen molar-refractivity contribution < 1.29 is 0 Å². The highest BCUT2D eigenvalue weighted by atomic mass is 32.1. The van der Waals surface area contributed by atoms with Crippen LogP contribution in [0.3, 0.4) is 0 Å². The number of nitrogens with one attached hydrogen (secondary N) is 1. The average molecular weight is 295 g/mol. The fourth-order valence-corrected chi connectivity index (χ4v) is 4.12. The summed E-state index contributed by atoms with van der Waals surface area (Å²) in [5, 5.41) is 8.16. The summed E-state index contributed by atoms with van der Waals surface area (Å²) < 4.78 is 0. The minimum atomic E-state index is 0.514. The molecule has 1 heterocycles. The number of rotatable bonds is 8. The van der Waals surface area contributed by atoms with Gasteiger partial charge in [0, 0.05) is 19.6 Å². The fraction of sp³-hybridized carbons (Fsp3) is 0.765. The Hall–Kier alpha value is -0.380. The highest BCUT2D eigenvalue weighted by Crippen LogP contribution is 2.38. The van der Waals surface area contributed by atoms with Gasteiger partial charge in [-0.15, -0.1) is 0 Å². The van der Waals surface area contributed by atoms with E-state index in [1.54, 1.807) is 11.3 Å². The number of nitrogens with zero attached hydrogens (tertiary/aromatic N) is 1. The molecule has 0 saturated heterocycles. The summed E-state index contributed by atoms with van der Waals surface area (Å²) in [5.74, 6) is 0.747. The molecule has 2 rings (SSSR count). The zero-order chi connectivity index (χ0) is 14.4. The van der Waals surface area contributed by atoms with Crippen LogP contribution in [0, 0.1) is 11.3 Å². The third kappa shape index (κ3) is 4.87. The zero-order valence-electron chi connectivity index (χ0n) is 13.3. The highest BCUT2D eigenvalue weighted by Gasteiger charge is 2.34. The molecule has 0 amide bonds. The maximum absolute atomic E-state index is 3.71. The van der Waals surface area contributed by atoms with Crippen molar-refractivity contribution >= 4 is 11.3 Å². The molecule has 0 aliphatic heterocycles. The molecule has 0 bridgehead atoms. The van der Waals surface area contributed by atoms with Crippen molar-refractivity contribution in [2.45, 2.75) is 46.1 Å². The Labute approximate surface area is 128 Å². The molecule has 0 unspecified atom stereocenters. The first-order valence-electron chi connectivity index (χ1n) is 8.00. The summed E-state index contributed by atoms with van der Waals surface area (Å²) in [6.45, 7) is 9.24. The van der Waals surface area contributed by atoms with E-state index >= 15 is 0 Å². The van der Waals surface area contributed by atoms with Crippen molar-refractivity contribution in [2.75, 3.05) is 26.7 Å². The first kappa shape index (κ1) is 16.0. The van der Waals surface area contributed by atoms with Crippen LogP contribution in [0.4, 0.5) is 0 Å². The fourth-order valence-electron chi connectivity index (χ4n) is 3.46. The van der Waals surface area contributed by atoms with Crippen molar-refractivity contribution in [1.29, 1.82) is 0 Å². The van der Waals surface area contributed by atoms with E-state index < -0.39 is 0 Å². The molecule has 0 radical (unpaired) electrons. The van der Waals surface area contributed by atoms with Crippen LogP contribution in [0.1, 0.15) is 45.1 Å². The largest absolute Gasteiger partial charge is 0.316 e. The zero-order valence-corrected chi connectivity index (χ0v) is 14.1. The molecule has 1 aliphatic rings. The summed E-state index contributed by atoms with van der Waals surface area (Å²) in [4.78, 5) is 2.52. The van der Waals surface area contributed by atoms with E-state index in [9.17, 15) is 0 Å². The van der Waals surface area contributed by atoms with Crippen LogP contribution in [-0.2, 0) is 6.54 Å². The van der Waals surface area contributed by atoms with Gasteiger partial charge < -0.3 is 10.2 Å². The molecule has 20 heavy (non-hydrogen) atoms. The van der Waals surface area contributed by atoms with Crippen LogP contribution in [0.25, 0.3) is 0 Å². The summed E-state index contributed by atoms with van der Waals surface area (Å²) in [7, 11) is 2.28. The molecular weight excluding hydrogens is 264 g/mol. The lowest BCUT2D eigenvalue weighted by molar-refractivity contribution is 0.166. The second-order valence-corrected chi connectivity index (χ2v) is 7.82. The van der Waals surface area contributed by atoms with Gasteiger partial charge in [0.2, 0.25) is 0 Å². The van der Waals surface area contributed by atoms with Crippen LogP contribution in [0.2, 0.25) is 0 Å². The molecule has 0 spiro atoms. The van der Waals surface area contributed by atoms with Gasteiger partial charge in [-0.2, -0.15) is 11.3 Å². The predicted octanol–water partition coefficient (Wildman–Crippen LogP) is 3.99. The molecule has 1 N–H and O–H groups in total. The molecule has 2 nitrogen and oxygen atoms in total. The lowest BCUT2D eigenvalue weighted by Gasteiger charge is -2.34. The van der Waals surface area contributed by atoms with Gasteiger partial charge in [0.1, 0.15) is 0 Å². The molecule has 1 aromatic heterocycles. The minimum Gasteiger partial charge on any atom is -0.316 e. The van der Waals surface area contributed by atoms with E-state index in [0.717, 1.165) is 19.0 Å². The minimum absolute atomic E-state index is 0.514. The second kappa shape index (κ2) is 7.58. The predicted molar refractivity (Wildman–Crippen MR) is 89.3 cm³/mol. The molecule has 1 fully saturated rings. The molecule has 114 valence electrons. The van der Waals surface area contributed by atoms with Gasteiger partial charge in [-0.05, 0) is 60.2 Å². The Morgan fingerprint density at radius 3 is 2.70 bits per heavy atom. The standard InChI is InChI=1S/C17H30N2S/c1-15(2)10-18-13-17(7-4-5-8-17)14-19(3)11-16-6-9-20-12-16/h6,9,12,15,18H,4-5,7-8,10-11,13-14H2,1-3H3. The highest BCUT2D eigenvalue weighted by molar-refractivity contribution is 7.07. The molecule has 1 aliphatic carbocycles. The lowest BCUT2D eigenvalue weighted by Crippen LogP contribution is -2.41. The molecule has 1 saturated carbocycles. The van der Waals surface area contributed by atoms with Crippen LogP contribution in [0.5, 0.6) is 0 Å². The Kier molecular flexibility index (Phi) is 6.06. The van der Waals surface area contributed by atoms with Gasteiger partial charge in [-0.25, -0.2) is 0 Å². The summed E-state index contributed by atoms with van der Waals surface area (Å²) in [6, 6.07) is 2.25. The number of thiophene rings is 1. The van der Waals surface area contributed by atoms with Crippen molar-refractivity contribution in [3.63, 3.8) is 0 Å². The van der Waals surface area contributed by atoms with Gasteiger partial charge in [0.25, 0.3) is 0 Å². The lowest BCUT2D eigenvalue weighted by atomic mass is 9.85. The van der Waals surface area contributed by atoms with E-state index in [1.807, 2.05) is 0 Å². The number of hydrogen-bond acceptors (Lipinski definition) is 3. The van der Waals surface area contributed by atoms with Crippen LogP contribution in [-0.4, -0.2) is 31.6 Å². The molecule has 1 aromatic rings. The summed E-state index contributed by atoms with van der Waals surface area (Å²) >= 11 is 1.80. The van der Waals surface area contributed by atoms with Gasteiger partial charge in [0.15, 0.2) is 0 Å². The number of hydrogen-bond donors (Lipinski definition) is 1. The van der Waals surface area contributed by atoms with E-state index in [1.165, 1.54) is 44.3 Å². The van der Waals surface area contributed by atoms with Gasteiger partial charge in [-0.3, -0.25) is 0 Å². The van der Waals surface area contributed by atoms with E-state index in [2.05, 4.69) is 47.9 Å². The molecule has 0 aromatic carbocycles. The normalized spacial score (nSPS) is 18.2. The topological polar surface area (TPSA) is 15.3 Å². The van der Waals surface area contributed by atoms with Crippen molar-refractivity contribution in [1.82, 2.24) is 10.2 Å². The van der Waals surface area contributed by atoms with E-state index in [4.69, 9.17) is 0 Å². The second-order valence-electron chi connectivity index (χ2n) is 7.04. The van der Waals surface area contributed by atoms with E-state index in [0.29, 0.717) is 5.41 Å². The van der Waals surface area contributed by atoms with Crippen molar-refractivity contribution in [3.8, 4) is 0 Å². The third-order valence-corrected chi connectivity index (χ3v) is 5.09. The SMILES string of the molecule is CC(C)CNCC1(CN(C)Cc2ccsc2)CCCC1. The molecule has 3 heteroatoms. The monoisotopic (exact) mass is 294 g/mol. The maximum Gasteiger partial charge on any atom is 0.0239 e. The third-order valence-electron chi connectivity index (χ3n) is 4.35. The average Bonchev–Trinajstić information content (AvgIpc) is 3.01. The van der Waals surface area contributed by atoms with Gasteiger partial charge in [0.05, 0.1) is 0 Å². The summed E-state index contributed by atoms with van der Waals surface area (Å²) in [5.41, 5.74) is 1.97. The summed E-state index contributed by atoms with van der Waals surface area (Å²) in [6.07, 6.45) is 5.61. The quantitative estimate of drug-likeness (QED) is 0.780. The Morgan fingerprint density at radius 2 is 2.10 bits per heavy atom. The molecule has 0 atom stereocenters. The maximum atomic E-state index is 3.71. The Morgan fingerprint density at radius 1 is 1.35 bits per heavy atom. The van der Waals surface area contributed by atoms with Crippen LogP contribution < -0.4 is 5.32 Å². The first-order valence-corrected chi connectivity index (χ1v) is 8.94. The Balaban J connectivity index is 1.84. The van der Waals surface area contributed by atoms with Gasteiger partial charge >= 0.3 is 0 Å². The molecular formula is C17H30N2S. The van der Waals surface area contributed by atoms with Crippen molar-refractivity contribution in [2.24, 2.45) is 11.3 Å². The smallest absolute Gasteiger partial charge is 0.0239 e. The van der Waals surface area contributed by atoms with E-state index in [-0.39, 0.29) is 0 Å². The van der Waals surface area contributed by atoms with Crippen molar-refractivity contribution in [3.05, 3.63) is 22.4 Å². The van der Waals surface area contributed by atoms with Crippen LogP contribution in [0.15, 0.2) is 16.8 Å². The van der Waals surface area contributed by atoms with Crippen LogP contribution >= 0.6 is 11.3 Å². The van der Waals surface area contributed by atoms with Gasteiger partial charge in [-0.1, -0.05) is 26.7 Å².